The average Bonchev–Trinajstić information content (AvgIpc) is 3.18. The molecule has 2 aromatic rings. The van der Waals surface area contributed by atoms with Crippen molar-refractivity contribution in [1.82, 2.24) is 10.2 Å². The van der Waals surface area contributed by atoms with Crippen LogP contribution in [0.1, 0.15) is 56.6 Å². The van der Waals surface area contributed by atoms with Gasteiger partial charge < -0.3 is 20.1 Å². The van der Waals surface area contributed by atoms with E-state index in [1.807, 2.05) is 43.0 Å². The van der Waals surface area contributed by atoms with Crippen LogP contribution in [-0.2, 0) is 14.3 Å². The smallest absolute Gasteiger partial charge is 0.407 e. The van der Waals surface area contributed by atoms with Crippen LogP contribution in [0.15, 0.2) is 48.5 Å². The monoisotopic (exact) mass is 478 g/mol. The topological polar surface area (TPSA) is 95.9 Å². The summed E-state index contributed by atoms with van der Waals surface area (Å²) in [5, 5.41) is 12.0. The lowest BCUT2D eigenvalue weighted by Crippen LogP contribution is -2.48. The highest BCUT2D eigenvalue weighted by Crippen LogP contribution is 2.44. The first-order valence-electron chi connectivity index (χ1n) is 12.5. The first kappa shape index (κ1) is 24.8. The summed E-state index contributed by atoms with van der Waals surface area (Å²) in [5.74, 6) is -1.24. The number of rotatable bonds is 8. The van der Waals surface area contributed by atoms with Gasteiger partial charge in [-0.25, -0.2) is 4.79 Å². The minimum Gasteiger partial charge on any atom is -0.481 e. The molecule has 0 saturated carbocycles. The molecule has 3 atom stereocenters. The molecule has 1 saturated heterocycles. The second-order valence-corrected chi connectivity index (χ2v) is 9.74. The van der Waals surface area contributed by atoms with Crippen LogP contribution in [-0.4, -0.2) is 53.7 Å². The number of nitrogens with zero attached hydrogens (tertiary/aromatic N) is 1. The number of amides is 2. The van der Waals surface area contributed by atoms with Crippen molar-refractivity contribution in [3.8, 4) is 11.1 Å². The maximum absolute atomic E-state index is 12.8. The molecule has 1 heterocycles. The van der Waals surface area contributed by atoms with Crippen LogP contribution in [0.3, 0.4) is 0 Å². The lowest BCUT2D eigenvalue weighted by Gasteiger charge is -2.37. The number of alkyl carbamates (subject to hydrolysis) is 1. The predicted molar refractivity (Wildman–Crippen MR) is 133 cm³/mol. The molecule has 0 bridgehead atoms. The number of nitrogens with one attached hydrogen (secondary N) is 1. The fraction of sp³-hybridized carbons (Fsp3) is 0.464. The molecule has 0 spiro atoms. The Morgan fingerprint density at radius 2 is 1.71 bits per heavy atom. The second-order valence-electron chi connectivity index (χ2n) is 9.74. The van der Waals surface area contributed by atoms with E-state index in [2.05, 4.69) is 29.6 Å². The van der Waals surface area contributed by atoms with Crippen molar-refractivity contribution < 1.29 is 24.2 Å². The van der Waals surface area contributed by atoms with E-state index in [1.165, 1.54) is 22.3 Å². The van der Waals surface area contributed by atoms with E-state index in [1.54, 1.807) is 0 Å². The molecule has 3 unspecified atom stereocenters. The summed E-state index contributed by atoms with van der Waals surface area (Å²) in [7, 11) is 0. The number of aliphatic carboxylic acids is 1. The maximum atomic E-state index is 12.8. The summed E-state index contributed by atoms with van der Waals surface area (Å²) in [6.07, 6.45) is 1.86. The average molecular weight is 479 g/mol. The SMILES string of the molecule is CC(CCCNC(=O)OCC1c2ccccc2-c2ccccc21)C(=O)N1CCC(C(=O)O)CC1C. The molecule has 0 radical (unpaired) electrons. The Bertz CT molecular complexity index is 1040. The van der Waals surface area contributed by atoms with E-state index in [-0.39, 0.29) is 36.3 Å². The third kappa shape index (κ3) is 5.50. The van der Waals surface area contributed by atoms with Crippen LogP contribution in [0, 0.1) is 11.8 Å². The zero-order valence-corrected chi connectivity index (χ0v) is 20.4. The van der Waals surface area contributed by atoms with E-state index >= 15 is 0 Å². The number of benzene rings is 2. The van der Waals surface area contributed by atoms with Gasteiger partial charge in [0.05, 0.1) is 5.92 Å². The zero-order chi connectivity index (χ0) is 24.9. The standard InChI is InChI=1S/C28H34N2O5/c1-18(26(31)30-15-13-20(27(32)33)16-19(30)2)8-7-14-29-28(34)35-17-25-23-11-5-3-9-21(23)22-10-4-6-12-24(22)25/h3-6,9-12,18-20,25H,7-8,13-17H2,1-2H3,(H,29,34)(H,32,33). The molecule has 2 aliphatic rings. The Labute approximate surface area is 206 Å². The van der Waals surface area contributed by atoms with Crippen molar-refractivity contribution >= 4 is 18.0 Å². The molecule has 7 heteroatoms. The molecule has 186 valence electrons. The molecule has 0 aromatic heterocycles. The summed E-state index contributed by atoms with van der Waals surface area (Å²) in [6.45, 7) is 5.01. The van der Waals surface area contributed by atoms with Gasteiger partial charge in [-0.2, -0.15) is 0 Å². The van der Waals surface area contributed by atoms with Crippen molar-refractivity contribution in [2.45, 2.75) is 51.5 Å². The van der Waals surface area contributed by atoms with Gasteiger partial charge in [-0.1, -0.05) is 55.5 Å². The van der Waals surface area contributed by atoms with Crippen LogP contribution in [0.5, 0.6) is 0 Å². The van der Waals surface area contributed by atoms with Gasteiger partial charge in [0.25, 0.3) is 0 Å². The van der Waals surface area contributed by atoms with Crippen LogP contribution in [0.25, 0.3) is 11.1 Å². The number of fused-ring (bicyclic) bond motifs is 3. The van der Waals surface area contributed by atoms with Gasteiger partial charge in [-0.15, -0.1) is 0 Å². The number of carboxylic acids is 1. The van der Waals surface area contributed by atoms with Crippen LogP contribution in [0.4, 0.5) is 4.79 Å². The molecule has 35 heavy (non-hydrogen) atoms. The maximum Gasteiger partial charge on any atom is 0.407 e. The number of carboxylic acid groups (broad SMARTS) is 1. The Hall–Kier alpha value is -3.35. The zero-order valence-electron chi connectivity index (χ0n) is 20.4. The lowest BCUT2D eigenvalue weighted by molar-refractivity contribution is -0.148. The molecule has 2 amide bonds. The number of ether oxygens (including phenoxy) is 1. The van der Waals surface area contributed by atoms with Gasteiger partial charge in [0, 0.05) is 31.0 Å². The molecular weight excluding hydrogens is 444 g/mol. The Balaban J connectivity index is 1.19. The molecule has 2 N–H and O–H groups in total. The van der Waals surface area contributed by atoms with E-state index in [9.17, 15) is 19.5 Å². The third-order valence-electron chi connectivity index (χ3n) is 7.36. The summed E-state index contributed by atoms with van der Waals surface area (Å²) in [6, 6.07) is 16.4. The molecule has 1 fully saturated rings. The summed E-state index contributed by atoms with van der Waals surface area (Å²) in [5.41, 5.74) is 4.74. The van der Waals surface area contributed by atoms with Gasteiger partial charge in [0.1, 0.15) is 6.61 Å². The van der Waals surface area contributed by atoms with E-state index in [0.29, 0.717) is 38.8 Å². The van der Waals surface area contributed by atoms with Gasteiger partial charge in [0.15, 0.2) is 0 Å². The molecule has 2 aromatic carbocycles. The second kappa shape index (κ2) is 10.9. The number of piperidine rings is 1. The van der Waals surface area contributed by atoms with Crippen LogP contribution in [0.2, 0.25) is 0 Å². The number of likely N-dealkylation sites (tertiary alicyclic amines) is 1. The van der Waals surface area contributed by atoms with Crippen molar-refractivity contribution in [2.24, 2.45) is 11.8 Å². The van der Waals surface area contributed by atoms with Crippen LogP contribution < -0.4 is 5.32 Å². The van der Waals surface area contributed by atoms with Gasteiger partial charge >= 0.3 is 12.1 Å². The normalized spacial score (nSPS) is 20.0. The fourth-order valence-corrected chi connectivity index (χ4v) is 5.38. The minimum absolute atomic E-state index is 0.0260. The molecule has 4 rings (SSSR count). The van der Waals surface area contributed by atoms with Gasteiger partial charge in [0.2, 0.25) is 5.91 Å². The lowest BCUT2D eigenvalue weighted by atomic mass is 9.90. The predicted octanol–water partition coefficient (Wildman–Crippen LogP) is 4.65. The van der Waals surface area contributed by atoms with Crippen molar-refractivity contribution in [2.75, 3.05) is 19.7 Å². The number of carbonyl (C=O) groups excluding carboxylic acids is 2. The first-order chi connectivity index (χ1) is 16.9. The highest BCUT2D eigenvalue weighted by Gasteiger charge is 2.33. The van der Waals surface area contributed by atoms with Crippen molar-refractivity contribution in [3.05, 3.63) is 59.7 Å². The van der Waals surface area contributed by atoms with Gasteiger partial charge in [-0.05, 0) is 54.9 Å². The number of hydrogen-bond donors (Lipinski definition) is 2. The Morgan fingerprint density at radius 1 is 1.09 bits per heavy atom. The van der Waals surface area contributed by atoms with E-state index in [4.69, 9.17) is 4.74 Å². The Morgan fingerprint density at radius 3 is 2.31 bits per heavy atom. The van der Waals surface area contributed by atoms with E-state index < -0.39 is 12.1 Å². The molecule has 1 aliphatic carbocycles. The first-order valence-corrected chi connectivity index (χ1v) is 12.5. The molecular formula is C28H34N2O5. The quantitative estimate of drug-likeness (QED) is 0.539. The highest BCUT2D eigenvalue weighted by molar-refractivity contribution is 5.80. The van der Waals surface area contributed by atoms with E-state index in [0.717, 1.165) is 0 Å². The highest BCUT2D eigenvalue weighted by atomic mass is 16.5. The Kier molecular flexibility index (Phi) is 7.73. The third-order valence-corrected chi connectivity index (χ3v) is 7.36. The van der Waals surface area contributed by atoms with Crippen molar-refractivity contribution in [1.29, 1.82) is 0 Å². The van der Waals surface area contributed by atoms with Crippen molar-refractivity contribution in [3.63, 3.8) is 0 Å². The van der Waals surface area contributed by atoms with Gasteiger partial charge in [-0.3, -0.25) is 9.59 Å². The largest absolute Gasteiger partial charge is 0.481 e. The van der Waals surface area contributed by atoms with Crippen LogP contribution >= 0.6 is 0 Å². The molecule has 1 aliphatic heterocycles. The minimum atomic E-state index is -0.781. The number of hydrogen-bond acceptors (Lipinski definition) is 4. The summed E-state index contributed by atoms with van der Waals surface area (Å²) >= 11 is 0. The number of carbonyl (C=O) groups is 3. The summed E-state index contributed by atoms with van der Waals surface area (Å²) in [4.78, 5) is 38.2. The fourth-order valence-electron chi connectivity index (χ4n) is 5.38. The summed E-state index contributed by atoms with van der Waals surface area (Å²) < 4.78 is 5.56. The molecule has 7 nitrogen and oxygen atoms in total.